The van der Waals surface area contributed by atoms with Crippen molar-refractivity contribution in [2.75, 3.05) is 5.06 Å². The van der Waals surface area contributed by atoms with Gasteiger partial charge in [0.2, 0.25) is 0 Å². The highest BCUT2D eigenvalue weighted by atomic mass is 79.9. The molecule has 0 aliphatic rings. The number of hydrogen-bond acceptors (Lipinski definition) is 2. The van der Waals surface area contributed by atoms with Crippen LogP contribution in [0.1, 0.15) is 20.8 Å². The molecule has 0 bridgehead atoms. The molecule has 0 aliphatic carbocycles. The molecule has 14 heavy (non-hydrogen) atoms. The second kappa shape index (κ2) is 4.21. The Bertz CT molecular complexity index is 313. The van der Waals surface area contributed by atoms with E-state index in [9.17, 15) is 5.21 Å². The molecule has 2 nitrogen and oxygen atoms in total. The lowest BCUT2D eigenvalue weighted by molar-refractivity contribution is 0.181. The van der Waals surface area contributed by atoms with Crippen LogP contribution in [0.15, 0.2) is 27.1 Å². The Balaban J connectivity index is 3.07. The van der Waals surface area contributed by atoms with E-state index < -0.39 is 0 Å². The van der Waals surface area contributed by atoms with Gasteiger partial charge in [0.25, 0.3) is 0 Å². The quantitative estimate of drug-likeness (QED) is 0.783. The van der Waals surface area contributed by atoms with E-state index in [-0.39, 0.29) is 5.54 Å². The summed E-state index contributed by atoms with van der Waals surface area (Å²) < 4.78 is 1.87. The Kier molecular flexibility index (Phi) is 3.61. The molecule has 0 heterocycles. The first-order valence-electron chi connectivity index (χ1n) is 4.26. The molecule has 0 atom stereocenters. The van der Waals surface area contributed by atoms with E-state index in [0.717, 1.165) is 14.6 Å². The van der Waals surface area contributed by atoms with Gasteiger partial charge in [0.15, 0.2) is 0 Å². The summed E-state index contributed by atoms with van der Waals surface area (Å²) in [5.74, 6) is 0. The average molecular weight is 323 g/mol. The molecule has 1 N–H and O–H groups in total. The van der Waals surface area contributed by atoms with E-state index in [2.05, 4.69) is 31.9 Å². The molecule has 1 rings (SSSR count). The number of rotatable bonds is 1. The third-order valence-corrected chi connectivity index (χ3v) is 2.64. The molecule has 0 spiro atoms. The van der Waals surface area contributed by atoms with Crippen LogP contribution in [0.5, 0.6) is 0 Å². The molecule has 0 radical (unpaired) electrons. The zero-order valence-corrected chi connectivity index (χ0v) is 11.6. The van der Waals surface area contributed by atoms with Gasteiger partial charge in [0, 0.05) is 8.95 Å². The summed E-state index contributed by atoms with van der Waals surface area (Å²) in [4.78, 5) is 0. The maximum atomic E-state index is 9.90. The van der Waals surface area contributed by atoms with Crippen LogP contribution in [-0.2, 0) is 0 Å². The summed E-state index contributed by atoms with van der Waals surface area (Å²) in [6, 6.07) is 5.67. The van der Waals surface area contributed by atoms with Crippen molar-refractivity contribution in [1.29, 1.82) is 0 Å². The highest BCUT2D eigenvalue weighted by molar-refractivity contribution is 9.11. The van der Waals surface area contributed by atoms with E-state index in [4.69, 9.17) is 0 Å². The van der Waals surface area contributed by atoms with Crippen molar-refractivity contribution in [3.05, 3.63) is 27.1 Å². The summed E-state index contributed by atoms with van der Waals surface area (Å²) in [6.45, 7) is 5.84. The molecule has 0 aromatic heterocycles. The van der Waals surface area contributed by atoms with Crippen LogP contribution in [0.4, 0.5) is 5.69 Å². The van der Waals surface area contributed by atoms with Gasteiger partial charge in [0.05, 0.1) is 11.2 Å². The van der Waals surface area contributed by atoms with Gasteiger partial charge in [-0.05, 0) is 39.0 Å². The molecule has 0 unspecified atom stereocenters. The molecule has 1 aromatic carbocycles. The maximum Gasteiger partial charge on any atom is 0.0662 e. The molecule has 0 aliphatic heterocycles. The Hall–Kier alpha value is -0.0600. The van der Waals surface area contributed by atoms with Crippen molar-refractivity contribution in [1.82, 2.24) is 0 Å². The second-order valence-corrected chi connectivity index (χ2v) is 5.94. The zero-order chi connectivity index (χ0) is 10.9. The molecular formula is C10H13Br2NO. The van der Waals surface area contributed by atoms with Gasteiger partial charge in [-0.15, -0.1) is 0 Å². The largest absolute Gasteiger partial charge is 0.288 e. The highest BCUT2D eigenvalue weighted by Crippen LogP contribution is 2.28. The first kappa shape index (κ1) is 12.0. The Morgan fingerprint density at radius 3 is 1.86 bits per heavy atom. The second-order valence-electron chi connectivity index (χ2n) is 4.11. The minimum absolute atomic E-state index is 0.305. The molecule has 0 amide bonds. The van der Waals surface area contributed by atoms with Gasteiger partial charge in [-0.2, -0.15) is 0 Å². The number of hydroxylamine groups is 1. The molecule has 4 heteroatoms. The molecule has 0 saturated heterocycles. The van der Waals surface area contributed by atoms with Crippen LogP contribution >= 0.6 is 31.9 Å². The smallest absolute Gasteiger partial charge is 0.0662 e. The fraction of sp³-hybridized carbons (Fsp3) is 0.400. The van der Waals surface area contributed by atoms with E-state index >= 15 is 0 Å². The van der Waals surface area contributed by atoms with Crippen molar-refractivity contribution in [3.8, 4) is 0 Å². The number of nitrogens with zero attached hydrogens (tertiary/aromatic N) is 1. The number of anilines is 1. The van der Waals surface area contributed by atoms with E-state index in [1.165, 1.54) is 5.06 Å². The number of hydrogen-bond donors (Lipinski definition) is 1. The van der Waals surface area contributed by atoms with Gasteiger partial charge in [-0.3, -0.25) is 10.3 Å². The average Bonchev–Trinajstić information content (AvgIpc) is 1.99. The van der Waals surface area contributed by atoms with Crippen LogP contribution in [0.25, 0.3) is 0 Å². The predicted molar refractivity (Wildman–Crippen MR) is 65.9 cm³/mol. The van der Waals surface area contributed by atoms with E-state index in [0.29, 0.717) is 0 Å². The number of halogens is 2. The van der Waals surface area contributed by atoms with Gasteiger partial charge in [0.1, 0.15) is 0 Å². The third kappa shape index (κ3) is 2.97. The van der Waals surface area contributed by atoms with Crippen LogP contribution in [0.2, 0.25) is 0 Å². The van der Waals surface area contributed by atoms with Crippen molar-refractivity contribution >= 4 is 37.5 Å². The van der Waals surface area contributed by atoms with Gasteiger partial charge in [-0.1, -0.05) is 31.9 Å². The summed E-state index contributed by atoms with van der Waals surface area (Å²) in [6.07, 6.45) is 0. The Labute approximate surface area is 101 Å². The lowest BCUT2D eigenvalue weighted by Gasteiger charge is -2.31. The zero-order valence-electron chi connectivity index (χ0n) is 8.38. The van der Waals surface area contributed by atoms with Crippen LogP contribution in [0, 0.1) is 0 Å². The highest BCUT2D eigenvalue weighted by Gasteiger charge is 2.20. The van der Waals surface area contributed by atoms with Crippen molar-refractivity contribution in [2.45, 2.75) is 26.3 Å². The monoisotopic (exact) mass is 321 g/mol. The molecule has 0 fully saturated rings. The minimum atomic E-state index is -0.305. The predicted octanol–water partition coefficient (Wildman–Crippen LogP) is 4.21. The van der Waals surface area contributed by atoms with Crippen LogP contribution in [-0.4, -0.2) is 10.7 Å². The van der Waals surface area contributed by atoms with E-state index in [1.807, 2.05) is 39.0 Å². The van der Waals surface area contributed by atoms with Crippen LogP contribution < -0.4 is 5.06 Å². The van der Waals surface area contributed by atoms with E-state index in [1.54, 1.807) is 0 Å². The molecular weight excluding hydrogens is 310 g/mol. The van der Waals surface area contributed by atoms with Gasteiger partial charge >= 0.3 is 0 Å². The van der Waals surface area contributed by atoms with Crippen molar-refractivity contribution in [3.63, 3.8) is 0 Å². The standard InChI is InChI=1S/C10H13Br2NO/c1-10(2,3)13(14)9-5-7(11)4-8(12)6-9/h4-6,14H,1-3H3. The summed E-state index contributed by atoms with van der Waals surface area (Å²) in [5, 5.41) is 11.2. The van der Waals surface area contributed by atoms with Gasteiger partial charge < -0.3 is 0 Å². The van der Waals surface area contributed by atoms with Crippen molar-refractivity contribution < 1.29 is 5.21 Å². The SMILES string of the molecule is CC(C)(C)N(O)c1cc(Br)cc(Br)c1. The van der Waals surface area contributed by atoms with Crippen LogP contribution in [0.3, 0.4) is 0 Å². The molecule has 0 saturated carbocycles. The number of benzene rings is 1. The fourth-order valence-electron chi connectivity index (χ4n) is 1.05. The summed E-state index contributed by atoms with van der Waals surface area (Å²) in [7, 11) is 0. The summed E-state index contributed by atoms with van der Waals surface area (Å²) in [5.41, 5.74) is 0.457. The Morgan fingerprint density at radius 1 is 1.07 bits per heavy atom. The first-order chi connectivity index (χ1) is 6.30. The first-order valence-corrected chi connectivity index (χ1v) is 5.84. The fourth-order valence-corrected chi connectivity index (χ4v) is 2.32. The topological polar surface area (TPSA) is 23.5 Å². The normalized spacial score (nSPS) is 11.6. The Morgan fingerprint density at radius 2 is 1.50 bits per heavy atom. The van der Waals surface area contributed by atoms with Crippen molar-refractivity contribution in [2.24, 2.45) is 0 Å². The van der Waals surface area contributed by atoms with Gasteiger partial charge in [-0.25, -0.2) is 0 Å². The lowest BCUT2D eigenvalue weighted by atomic mass is 10.1. The maximum absolute atomic E-state index is 9.90. The molecule has 1 aromatic rings. The third-order valence-electron chi connectivity index (χ3n) is 1.73. The summed E-state index contributed by atoms with van der Waals surface area (Å²) >= 11 is 6.76. The molecule has 78 valence electrons. The lowest BCUT2D eigenvalue weighted by Crippen LogP contribution is -2.38. The minimum Gasteiger partial charge on any atom is -0.288 e.